The van der Waals surface area contributed by atoms with Crippen LogP contribution in [0.25, 0.3) is 0 Å². The lowest BCUT2D eigenvalue weighted by Gasteiger charge is -2.58. The number of nitrogens with zero attached hydrogens (tertiary/aromatic N) is 2. The zero-order valence-electron chi connectivity index (χ0n) is 11.3. The molecule has 0 atom stereocenters. The molecule has 0 amide bonds. The average molecular weight is 325 g/mol. The number of aromatic nitrogens is 2. The summed E-state index contributed by atoms with van der Waals surface area (Å²) in [6.07, 6.45) is 8.12. The Kier molecular flexibility index (Phi) is 2.66. The summed E-state index contributed by atoms with van der Waals surface area (Å²) in [4.78, 5) is 0. The molecule has 0 spiro atoms. The van der Waals surface area contributed by atoms with Crippen molar-refractivity contribution in [1.82, 2.24) is 9.78 Å². The standard InChI is InChI=1S/C15H21BrN2O/c1-2-18-14(13(16)8-17-18)15(19)11-4-9-3-10(6-11)7-12(15)5-9/h8-12,19H,2-7H2,1H3. The molecule has 1 aromatic heterocycles. The van der Waals surface area contributed by atoms with Crippen molar-refractivity contribution in [2.75, 3.05) is 0 Å². The molecule has 4 saturated carbocycles. The van der Waals surface area contributed by atoms with E-state index >= 15 is 0 Å². The third-order valence-electron chi connectivity index (χ3n) is 5.86. The molecule has 4 aliphatic rings. The Bertz CT molecular complexity index is 482. The largest absolute Gasteiger partial charge is 0.383 e. The maximum atomic E-state index is 11.6. The number of hydrogen-bond acceptors (Lipinski definition) is 2. The molecule has 104 valence electrons. The third kappa shape index (κ3) is 1.56. The van der Waals surface area contributed by atoms with Crippen molar-refractivity contribution >= 4 is 15.9 Å². The van der Waals surface area contributed by atoms with Crippen LogP contribution in [0.1, 0.15) is 44.7 Å². The zero-order chi connectivity index (χ0) is 13.2. The molecule has 1 aromatic rings. The van der Waals surface area contributed by atoms with Crippen LogP contribution in [0.15, 0.2) is 10.7 Å². The van der Waals surface area contributed by atoms with Crippen molar-refractivity contribution in [3.05, 3.63) is 16.4 Å². The van der Waals surface area contributed by atoms with E-state index in [4.69, 9.17) is 0 Å². The maximum absolute atomic E-state index is 11.6. The first-order valence-corrected chi connectivity index (χ1v) is 8.36. The van der Waals surface area contributed by atoms with Crippen LogP contribution < -0.4 is 0 Å². The van der Waals surface area contributed by atoms with E-state index in [-0.39, 0.29) is 0 Å². The highest BCUT2D eigenvalue weighted by atomic mass is 79.9. The Morgan fingerprint density at radius 2 is 1.84 bits per heavy atom. The zero-order valence-corrected chi connectivity index (χ0v) is 12.9. The fourth-order valence-electron chi connectivity index (χ4n) is 5.29. The second kappa shape index (κ2) is 4.08. The van der Waals surface area contributed by atoms with Gasteiger partial charge in [0.2, 0.25) is 0 Å². The van der Waals surface area contributed by atoms with Gasteiger partial charge in [0, 0.05) is 6.54 Å². The van der Waals surface area contributed by atoms with Crippen LogP contribution in [0.4, 0.5) is 0 Å². The number of halogens is 1. The van der Waals surface area contributed by atoms with Crippen molar-refractivity contribution in [1.29, 1.82) is 0 Å². The van der Waals surface area contributed by atoms with E-state index in [0.29, 0.717) is 11.8 Å². The highest BCUT2D eigenvalue weighted by molar-refractivity contribution is 9.10. The van der Waals surface area contributed by atoms with Crippen LogP contribution in [0.3, 0.4) is 0 Å². The Morgan fingerprint density at radius 1 is 1.26 bits per heavy atom. The van der Waals surface area contributed by atoms with Gasteiger partial charge >= 0.3 is 0 Å². The van der Waals surface area contributed by atoms with E-state index in [0.717, 1.165) is 28.5 Å². The van der Waals surface area contributed by atoms with Gasteiger partial charge in [-0.15, -0.1) is 0 Å². The molecule has 4 aliphatic carbocycles. The maximum Gasteiger partial charge on any atom is 0.113 e. The number of rotatable bonds is 2. The number of aryl methyl sites for hydroxylation is 1. The summed E-state index contributed by atoms with van der Waals surface area (Å²) in [5.74, 6) is 2.64. The molecule has 3 nitrogen and oxygen atoms in total. The lowest BCUT2D eigenvalue weighted by atomic mass is 9.49. The Balaban J connectivity index is 1.82. The van der Waals surface area contributed by atoms with E-state index in [1.54, 1.807) is 0 Å². The van der Waals surface area contributed by atoms with Crippen molar-refractivity contribution in [2.24, 2.45) is 23.7 Å². The predicted octanol–water partition coefficient (Wildman–Crippen LogP) is 3.31. The van der Waals surface area contributed by atoms with Gasteiger partial charge in [0.05, 0.1) is 16.4 Å². The van der Waals surface area contributed by atoms with Crippen molar-refractivity contribution in [3.63, 3.8) is 0 Å². The minimum Gasteiger partial charge on any atom is -0.383 e. The summed E-state index contributed by atoms with van der Waals surface area (Å²) < 4.78 is 2.98. The quantitative estimate of drug-likeness (QED) is 0.906. The molecule has 1 N–H and O–H groups in total. The summed E-state index contributed by atoms with van der Waals surface area (Å²) in [6, 6.07) is 0. The average Bonchev–Trinajstić information content (AvgIpc) is 2.76. The SMILES string of the molecule is CCn1ncc(Br)c1C1(O)C2CC3CC(C2)CC1C3. The fraction of sp³-hybridized carbons (Fsp3) is 0.800. The topological polar surface area (TPSA) is 38.0 Å². The molecule has 0 unspecified atom stereocenters. The van der Waals surface area contributed by atoms with Gasteiger partial charge in [0.25, 0.3) is 0 Å². The molecule has 19 heavy (non-hydrogen) atoms. The van der Waals surface area contributed by atoms with Gasteiger partial charge in [-0.25, -0.2) is 0 Å². The summed E-state index contributed by atoms with van der Waals surface area (Å²) in [5.41, 5.74) is 0.405. The Morgan fingerprint density at radius 3 is 2.37 bits per heavy atom. The van der Waals surface area contributed by atoms with Crippen LogP contribution >= 0.6 is 15.9 Å². The van der Waals surface area contributed by atoms with Crippen LogP contribution in [-0.2, 0) is 12.1 Å². The van der Waals surface area contributed by atoms with E-state index in [1.165, 1.54) is 32.1 Å². The molecule has 4 heteroatoms. The van der Waals surface area contributed by atoms with E-state index in [2.05, 4.69) is 28.0 Å². The summed E-state index contributed by atoms with van der Waals surface area (Å²) >= 11 is 3.62. The molecule has 4 fully saturated rings. The predicted molar refractivity (Wildman–Crippen MR) is 76.5 cm³/mol. The fourth-order valence-corrected chi connectivity index (χ4v) is 5.90. The number of hydrogen-bond donors (Lipinski definition) is 1. The van der Waals surface area contributed by atoms with Crippen LogP contribution in [0, 0.1) is 23.7 Å². The Labute approximate surface area is 122 Å². The monoisotopic (exact) mass is 324 g/mol. The molecule has 0 aromatic carbocycles. The Hall–Kier alpha value is -0.350. The molecule has 0 aliphatic heterocycles. The van der Waals surface area contributed by atoms with Crippen LogP contribution in [0.5, 0.6) is 0 Å². The molecule has 4 bridgehead atoms. The van der Waals surface area contributed by atoms with E-state index in [1.807, 2.05) is 10.9 Å². The van der Waals surface area contributed by atoms with Crippen molar-refractivity contribution < 1.29 is 5.11 Å². The summed E-state index contributed by atoms with van der Waals surface area (Å²) in [6.45, 7) is 2.93. The van der Waals surface area contributed by atoms with Crippen LogP contribution in [-0.4, -0.2) is 14.9 Å². The normalized spacial score (nSPS) is 43.9. The molecule has 0 saturated heterocycles. The highest BCUT2D eigenvalue weighted by Gasteiger charge is 2.58. The molecule has 5 rings (SSSR count). The van der Waals surface area contributed by atoms with Crippen molar-refractivity contribution in [2.45, 2.75) is 51.2 Å². The van der Waals surface area contributed by atoms with Gasteiger partial charge in [-0.3, -0.25) is 4.68 Å². The van der Waals surface area contributed by atoms with Gasteiger partial charge < -0.3 is 5.11 Å². The molecular weight excluding hydrogens is 304 g/mol. The second-order valence-corrected chi connectivity index (χ2v) is 7.64. The van der Waals surface area contributed by atoms with Gasteiger partial charge in [-0.1, -0.05) is 0 Å². The number of aliphatic hydroxyl groups is 1. The smallest absolute Gasteiger partial charge is 0.113 e. The van der Waals surface area contributed by atoms with Gasteiger partial charge in [0.15, 0.2) is 0 Å². The molecule has 1 heterocycles. The van der Waals surface area contributed by atoms with Gasteiger partial charge in [0.1, 0.15) is 5.60 Å². The van der Waals surface area contributed by atoms with Gasteiger partial charge in [-0.2, -0.15) is 5.10 Å². The highest BCUT2D eigenvalue weighted by Crippen LogP contribution is 2.62. The van der Waals surface area contributed by atoms with Gasteiger partial charge in [-0.05, 0) is 78.6 Å². The first-order valence-electron chi connectivity index (χ1n) is 7.57. The second-order valence-electron chi connectivity index (χ2n) is 6.79. The minimum atomic E-state index is -0.640. The first kappa shape index (κ1) is 12.4. The summed E-state index contributed by atoms with van der Waals surface area (Å²) in [7, 11) is 0. The summed E-state index contributed by atoms with van der Waals surface area (Å²) in [5, 5.41) is 16.0. The minimum absolute atomic E-state index is 0.446. The van der Waals surface area contributed by atoms with Crippen molar-refractivity contribution in [3.8, 4) is 0 Å². The van der Waals surface area contributed by atoms with E-state index in [9.17, 15) is 5.11 Å². The van der Waals surface area contributed by atoms with Crippen LogP contribution in [0.2, 0.25) is 0 Å². The lowest BCUT2D eigenvalue weighted by molar-refractivity contribution is -0.183. The third-order valence-corrected chi connectivity index (χ3v) is 6.44. The van der Waals surface area contributed by atoms with E-state index < -0.39 is 5.60 Å². The molecular formula is C15H21BrN2O. The first-order chi connectivity index (χ1) is 9.12. The lowest BCUT2D eigenvalue weighted by Crippen LogP contribution is -2.56. The molecule has 0 radical (unpaired) electrons.